The van der Waals surface area contributed by atoms with Crippen LogP contribution in [0.3, 0.4) is 0 Å². The molecule has 5 nitrogen and oxygen atoms in total. The van der Waals surface area contributed by atoms with Gasteiger partial charge in [0, 0.05) is 19.1 Å². The molecule has 1 aromatic heterocycles. The lowest BCUT2D eigenvalue weighted by Gasteiger charge is -2.22. The van der Waals surface area contributed by atoms with Gasteiger partial charge in [0.1, 0.15) is 0 Å². The van der Waals surface area contributed by atoms with Crippen molar-refractivity contribution >= 4 is 17.1 Å². The maximum absolute atomic E-state index is 12.6. The van der Waals surface area contributed by atoms with Crippen LogP contribution in [0.2, 0.25) is 0 Å². The van der Waals surface area contributed by atoms with E-state index in [-0.39, 0.29) is 6.03 Å². The topological polar surface area (TPSA) is 50.2 Å². The van der Waals surface area contributed by atoms with Gasteiger partial charge >= 0.3 is 6.03 Å². The molecule has 4 rings (SSSR count). The van der Waals surface area contributed by atoms with E-state index >= 15 is 0 Å². The predicted octanol–water partition coefficient (Wildman–Crippen LogP) is 3.72. The van der Waals surface area contributed by atoms with Crippen molar-refractivity contribution in [2.24, 2.45) is 0 Å². The van der Waals surface area contributed by atoms with Crippen LogP contribution in [0.15, 0.2) is 30.6 Å². The summed E-state index contributed by atoms with van der Waals surface area (Å²) in [5.74, 6) is 0. The molecular formula is C19H26N4O. The van der Waals surface area contributed by atoms with Gasteiger partial charge in [0.25, 0.3) is 0 Å². The fraction of sp³-hybridized carbons (Fsp3) is 0.579. The zero-order chi connectivity index (χ0) is 16.4. The molecule has 24 heavy (non-hydrogen) atoms. The molecule has 2 aromatic rings. The molecule has 2 aliphatic rings. The quantitative estimate of drug-likeness (QED) is 0.855. The van der Waals surface area contributed by atoms with Crippen molar-refractivity contribution in [2.45, 2.75) is 57.0 Å². The Morgan fingerprint density at radius 2 is 1.88 bits per heavy atom. The molecule has 0 unspecified atom stereocenters. The number of hydrogen-bond acceptors (Lipinski definition) is 2. The SMILES string of the molecule is O=C(NC1CCCCCC1)N1CC[C@@H](n2cnc3ccccc32)C1. The zero-order valence-corrected chi connectivity index (χ0v) is 14.2. The van der Waals surface area contributed by atoms with Crippen molar-refractivity contribution in [1.29, 1.82) is 0 Å². The normalized spacial score (nSPS) is 22.7. The number of carbonyl (C=O) groups excluding carboxylic acids is 1. The third-order valence-corrected chi connectivity index (χ3v) is 5.51. The average molecular weight is 326 g/mol. The monoisotopic (exact) mass is 326 g/mol. The number of amides is 2. The summed E-state index contributed by atoms with van der Waals surface area (Å²) in [5.41, 5.74) is 2.19. The first-order valence-electron chi connectivity index (χ1n) is 9.28. The molecule has 1 aromatic carbocycles. The van der Waals surface area contributed by atoms with Crippen molar-refractivity contribution < 1.29 is 4.79 Å². The lowest BCUT2D eigenvalue weighted by molar-refractivity contribution is 0.201. The minimum Gasteiger partial charge on any atom is -0.335 e. The van der Waals surface area contributed by atoms with E-state index in [4.69, 9.17) is 0 Å². The Labute approximate surface area is 143 Å². The van der Waals surface area contributed by atoms with Gasteiger partial charge in [0.15, 0.2) is 0 Å². The van der Waals surface area contributed by atoms with E-state index in [2.05, 4.69) is 20.9 Å². The predicted molar refractivity (Wildman–Crippen MR) is 95.0 cm³/mol. The molecule has 1 atom stereocenters. The fourth-order valence-corrected chi connectivity index (χ4v) is 4.11. The summed E-state index contributed by atoms with van der Waals surface area (Å²) >= 11 is 0. The van der Waals surface area contributed by atoms with E-state index < -0.39 is 0 Å². The van der Waals surface area contributed by atoms with Crippen LogP contribution in [0.5, 0.6) is 0 Å². The highest BCUT2D eigenvalue weighted by Crippen LogP contribution is 2.26. The van der Waals surface area contributed by atoms with Gasteiger partial charge in [-0.3, -0.25) is 0 Å². The van der Waals surface area contributed by atoms with Gasteiger partial charge in [0.2, 0.25) is 0 Å². The second kappa shape index (κ2) is 6.83. The van der Waals surface area contributed by atoms with Crippen LogP contribution >= 0.6 is 0 Å². The number of aromatic nitrogens is 2. The van der Waals surface area contributed by atoms with E-state index in [1.165, 1.54) is 25.7 Å². The Balaban J connectivity index is 1.39. The van der Waals surface area contributed by atoms with Crippen LogP contribution in [-0.2, 0) is 0 Å². The molecule has 1 aliphatic heterocycles. The van der Waals surface area contributed by atoms with Crippen molar-refractivity contribution in [3.8, 4) is 0 Å². The molecule has 5 heteroatoms. The first kappa shape index (κ1) is 15.5. The Hall–Kier alpha value is -2.04. The number of likely N-dealkylation sites (tertiary alicyclic amines) is 1. The number of imidazole rings is 1. The van der Waals surface area contributed by atoms with Crippen molar-refractivity contribution in [3.05, 3.63) is 30.6 Å². The maximum atomic E-state index is 12.6. The number of nitrogens with zero attached hydrogens (tertiary/aromatic N) is 3. The molecule has 1 aliphatic carbocycles. The molecule has 1 saturated heterocycles. The number of benzene rings is 1. The van der Waals surface area contributed by atoms with Crippen LogP contribution in [0.4, 0.5) is 4.79 Å². The van der Waals surface area contributed by atoms with Gasteiger partial charge in [-0.25, -0.2) is 9.78 Å². The number of urea groups is 1. The number of para-hydroxylation sites is 2. The van der Waals surface area contributed by atoms with Crippen LogP contribution in [0.1, 0.15) is 51.0 Å². The summed E-state index contributed by atoms with van der Waals surface area (Å²) in [4.78, 5) is 19.1. The first-order valence-corrected chi connectivity index (χ1v) is 9.28. The summed E-state index contributed by atoms with van der Waals surface area (Å²) in [6.45, 7) is 1.61. The number of carbonyl (C=O) groups is 1. The Bertz CT molecular complexity index is 702. The van der Waals surface area contributed by atoms with Crippen LogP contribution in [0, 0.1) is 0 Å². The largest absolute Gasteiger partial charge is 0.335 e. The van der Waals surface area contributed by atoms with Gasteiger partial charge in [-0.15, -0.1) is 0 Å². The second-order valence-corrected chi connectivity index (χ2v) is 7.17. The van der Waals surface area contributed by atoms with Gasteiger partial charge < -0.3 is 14.8 Å². The molecule has 128 valence electrons. The van der Waals surface area contributed by atoms with E-state index in [0.717, 1.165) is 43.4 Å². The number of hydrogen-bond donors (Lipinski definition) is 1. The summed E-state index contributed by atoms with van der Waals surface area (Å²) in [6.07, 6.45) is 10.3. The third kappa shape index (κ3) is 3.12. The molecule has 1 N–H and O–H groups in total. The van der Waals surface area contributed by atoms with E-state index in [0.29, 0.717) is 12.1 Å². The fourth-order valence-electron chi connectivity index (χ4n) is 4.11. The summed E-state index contributed by atoms with van der Waals surface area (Å²) in [7, 11) is 0. The molecule has 1 saturated carbocycles. The standard InChI is InChI=1S/C19H26N4O/c24-19(21-15-7-3-1-2-4-8-15)22-12-11-16(13-22)23-14-20-17-9-5-6-10-18(17)23/h5-6,9-10,14-16H,1-4,7-8,11-13H2,(H,21,24)/t16-/m1/s1. The van der Waals surface area contributed by atoms with Crippen molar-refractivity contribution in [2.75, 3.05) is 13.1 Å². The van der Waals surface area contributed by atoms with Gasteiger partial charge in [-0.05, 0) is 31.4 Å². The number of fused-ring (bicyclic) bond motifs is 1. The zero-order valence-electron chi connectivity index (χ0n) is 14.2. The molecule has 2 amide bonds. The van der Waals surface area contributed by atoms with E-state index in [1.54, 1.807) is 0 Å². The minimum atomic E-state index is 0.119. The van der Waals surface area contributed by atoms with Crippen molar-refractivity contribution in [1.82, 2.24) is 19.8 Å². The van der Waals surface area contributed by atoms with Crippen LogP contribution in [0.25, 0.3) is 11.0 Å². The first-order chi connectivity index (χ1) is 11.8. The highest BCUT2D eigenvalue weighted by Gasteiger charge is 2.29. The summed E-state index contributed by atoms with van der Waals surface area (Å²) < 4.78 is 2.23. The molecule has 0 bridgehead atoms. The summed E-state index contributed by atoms with van der Waals surface area (Å²) in [5, 5.41) is 3.27. The molecular weight excluding hydrogens is 300 g/mol. The Kier molecular flexibility index (Phi) is 4.41. The molecule has 0 spiro atoms. The highest BCUT2D eigenvalue weighted by atomic mass is 16.2. The maximum Gasteiger partial charge on any atom is 0.317 e. The van der Waals surface area contributed by atoms with Gasteiger partial charge in [-0.2, -0.15) is 0 Å². The number of nitrogens with one attached hydrogen (secondary N) is 1. The summed E-state index contributed by atoms with van der Waals surface area (Å²) in [6, 6.07) is 9.03. The third-order valence-electron chi connectivity index (χ3n) is 5.51. The van der Waals surface area contributed by atoms with E-state index in [1.807, 2.05) is 29.4 Å². The number of rotatable bonds is 2. The minimum absolute atomic E-state index is 0.119. The second-order valence-electron chi connectivity index (χ2n) is 7.17. The van der Waals surface area contributed by atoms with Crippen LogP contribution in [-0.4, -0.2) is 39.6 Å². The van der Waals surface area contributed by atoms with Gasteiger partial charge in [-0.1, -0.05) is 37.8 Å². The lowest BCUT2D eigenvalue weighted by atomic mass is 10.1. The molecule has 2 heterocycles. The lowest BCUT2D eigenvalue weighted by Crippen LogP contribution is -2.43. The Morgan fingerprint density at radius 1 is 1.08 bits per heavy atom. The van der Waals surface area contributed by atoms with Crippen LogP contribution < -0.4 is 5.32 Å². The van der Waals surface area contributed by atoms with E-state index in [9.17, 15) is 4.79 Å². The smallest absolute Gasteiger partial charge is 0.317 e. The van der Waals surface area contributed by atoms with Crippen molar-refractivity contribution in [3.63, 3.8) is 0 Å². The Morgan fingerprint density at radius 3 is 2.71 bits per heavy atom. The highest BCUT2D eigenvalue weighted by molar-refractivity contribution is 5.76. The molecule has 0 radical (unpaired) electrons. The average Bonchev–Trinajstić information content (AvgIpc) is 3.17. The van der Waals surface area contributed by atoms with Gasteiger partial charge in [0.05, 0.1) is 23.4 Å². The molecule has 2 fully saturated rings.